The third-order valence-corrected chi connectivity index (χ3v) is 2.33. The Morgan fingerprint density at radius 1 is 1.44 bits per heavy atom. The van der Waals surface area contributed by atoms with Crippen LogP contribution in [0.3, 0.4) is 0 Å². The van der Waals surface area contributed by atoms with Crippen LogP contribution in [0.2, 0.25) is 0 Å². The minimum absolute atomic E-state index is 0.157. The summed E-state index contributed by atoms with van der Waals surface area (Å²) >= 11 is 0. The molecule has 0 saturated heterocycles. The molecule has 0 aliphatic carbocycles. The van der Waals surface area contributed by atoms with E-state index in [9.17, 15) is 10.1 Å². The van der Waals surface area contributed by atoms with Crippen LogP contribution in [-0.4, -0.2) is 25.4 Å². The summed E-state index contributed by atoms with van der Waals surface area (Å²) in [6.45, 7) is 2.49. The van der Waals surface area contributed by atoms with Crippen molar-refractivity contribution in [3.63, 3.8) is 0 Å². The Balaban J connectivity index is 2.66. The molecule has 0 heterocycles. The molecular weight excluding hydrogens is 210 g/mol. The molecule has 0 bridgehead atoms. The Kier molecular flexibility index (Phi) is 4.88. The number of rotatable bonds is 6. The predicted molar refractivity (Wildman–Crippen MR) is 59.4 cm³/mol. The number of nitro benzene ring substituents is 1. The van der Waals surface area contributed by atoms with Gasteiger partial charge >= 0.3 is 0 Å². The number of nitrogens with zero attached hydrogens (tertiary/aromatic N) is 1. The van der Waals surface area contributed by atoms with Crippen LogP contribution in [0.25, 0.3) is 0 Å². The molecule has 1 aromatic carbocycles. The summed E-state index contributed by atoms with van der Waals surface area (Å²) in [6.07, 6.45) is 0.650. The van der Waals surface area contributed by atoms with Gasteiger partial charge in [0, 0.05) is 18.7 Å². The highest BCUT2D eigenvalue weighted by molar-refractivity contribution is 5.44. The van der Waals surface area contributed by atoms with Gasteiger partial charge in [-0.25, -0.2) is 0 Å². The van der Waals surface area contributed by atoms with Crippen molar-refractivity contribution in [2.75, 3.05) is 20.5 Å². The average Bonchev–Trinajstić information content (AvgIpc) is 2.26. The van der Waals surface area contributed by atoms with Crippen molar-refractivity contribution in [3.05, 3.63) is 39.4 Å². The SMILES string of the molecule is COCOCCc1cccc([N+](=O)[O-])c1C. The van der Waals surface area contributed by atoms with Crippen LogP contribution < -0.4 is 0 Å². The van der Waals surface area contributed by atoms with E-state index in [1.165, 1.54) is 6.07 Å². The van der Waals surface area contributed by atoms with E-state index in [0.29, 0.717) is 18.6 Å². The van der Waals surface area contributed by atoms with Crippen LogP contribution >= 0.6 is 0 Å². The summed E-state index contributed by atoms with van der Waals surface area (Å²) < 4.78 is 9.89. The van der Waals surface area contributed by atoms with Gasteiger partial charge in [-0.1, -0.05) is 12.1 Å². The zero-order valence-corrected chi connectivity index (χ0v) is 9.43. The molecule has 0 amide bonds. The predicted octanol–water partition coefficient (Wildman–Crippen LogP) is 2.07. The van der Waals surface area contributed by atoms with E-state index in [0.717, 1.165) is 5.56 Å². The molecule has 0 unspecified atom stereocenters. The number of benzene rings is 1. The first-order valence-corrected chi connectivity index (χ1v) is 4.96. The summed E-state index contributed by atoms with van der Waals surface area (Å²) in [5.74, 6) is 0. The third kappa shape index (κ3) is 3.29. The molecule has 88 valence electrons. The largest absolute Gasteiger partial charge is 0.359 e. The fourth-order valence-corrected chi connectivity index (χ4v) is 1.46. The Bertz CT molecular complexity index is 365. The quantitative estimate of drug-likeness (QED) is 0.322. The van der Waals surface area contributed by atoms with Gasteiger partial charge in [0.15, 0.2) is 0 Å². The lowest BCUT2D eigenvalue weighted by molar-refractivity contribution is -0.385. The van der Waals surface area contributed by atoms with Crippen LogP contribution in [0.4, 0.5) is 5.69 Å². The first-order chi connectivity index (χ1) is 7.66. The van der Waals surface area contributed by atoms with Crippen molar-refractivity contribution >= 4 is 5.69 Å². The van der Waals surface area contributed by atoms with Crippen LogP contribution in [0.15, 0.2) is 18.2 Å². The minimum Gasteiger partial charge on any atom is -0.359 e. The number of hydrogen-bond donors (Lipinski definition) is 0. The van der Waals surface area contributed by atoms with Gasteiger partial charge < -0.3 is 9.47 Å². The molecule has 0 atom stereocenters. The van der Waals surface area contributed by atoms with Crippen molar-refractivity contribution in [2.45, 2.75) is 13.3 Å². The van der Waals surface area contributed by atoms with Crippen molar-refractivity contribution in [3.8, 4) is 0 Å². The highest BCUT2D eigenvalue weighted by Gasteiger charge is 2.12. The highest BCUT2D eigenvalue weighted by atomic mass is 16.7. The van der Waals surface area contributed by atoms with Crippen molar-refractivity contribution < 1.29 is 14.4 Å². The number of nitro groups is 1. The first-order valence-electron chi connectivity index (χ1n) is 4.96. The fraction of sp³-hybridized carbons (Fsp3) is 0.455. The molecular formula is C11H15NO4. The van der Waals surface area contributed by atoms with Gasteiger partial charge in [0.2, 0.25) is 0 Å². The lowest BCUT2D eigenvalue weighted by atomic mass is 10.0. The Labute approximate surface area is 94.1 Å². The topological polar surface area (TPSA) is 61.6 Å². The highest BCUT2D eigenvalue weighted by Crippen LogP contribution is 2.21. The third-order valence-electron chi connectivity index (χ3n) is 2.33. The molecule has 16 heavy (non-hydrogen) atoms. The van der Waals surface area contributed by atoms with Crippen LogP contribution in [0, 0.1) is 17.0 Å². The summed E-state index contributed by atoms with van der Waals surface area (Å²) in [6, 6.07) is 5.07. The molecule has 0 aliphatic heterocycles. The van der Waals surface area contributed by atoms with Crippen LogP contribution in [0.1, 0.15) is 11.1 Å². The maximum absolute atomic E-state index is 10.7. The van der Waals surface area contributed by atoms with Gasteiger partial charge in [0.25, 0.3) is 5.69 Å². The van der Waals surface area contributed by atoms with Crippen LogP contribution in [-0.2, 0) is 15.9 Å². The van der Waals surface area contributed by atoms with E-state index < -0.39 is 0 Å². The molecule has 0 spiro atoms. The lowest BCUT2D eigenvalue weighted by Crippen LogP contribution is -2.03. The van der Waals surface area contributed by atoms with Crippen LogP contribution in [0.5, 0.6) is 0 Å². The van der Waals surface area contributed by atoms with Crippen molar-refractivity contribution in [1.82, 2.24) is 0 Å². The monoisotopic (exact) mass is 225 g/mol. The second-order valence-electron chi connectivity index (χ2n) is 3.38. The van der Waals surface area contributed by atoms with Crippen molar-refractivity contribution in [2.24, 2.45) is 0 Å². The molecule has 1 rings (SSSR count). The number of ether oxygens (including phenoxy) is 2. The summed E-state index contributed by atoms with van der Waals surface area (Å²) in [4.78, 5) is 10.3. The van der Waals surface area contributed by atoms with Gasteiger partial charge in [0.05, 0.1) is 11.5 Å². The molecule has 0 aliphatic rings. The van der Waals surface area contributed by atoms with Gasteiger partial charge in [-0.15, -0.1) is 0 Å². The summed E-state index contributed by atoms with van der Waals surface area (Å²) in [5, 5.41) is 10.7. The van der Waals surface area contributed by atoms with Gasteiger partial charge in [-0.2, -0.15) is 0 Å². The Hall–Kier alpha value is -1.46. The maximum atomic E-state index is 10.7. The normalized spacial score (nSPS) is 10.4. The molecule has 0 radical (unpaired) electrons. The molecule has 5 heteroatoms. The molecule has 0 N–H and O–H groups in total. The number of methoxy groups -OCH3 is 1. The van der Waals surface area contributed by atoms with Gasteiger partial charge in [-0.3, -0.25) is 10.1 Å². The molecule has 0 fully saturated rings. The van der Waals surface area contributed by atoms with E-state index >= 15 is 0 Å². The second-order valence-corrected chi connectivity index (χ2v) is 3.38. The molecule has 0 aromatic heterocycles. The lowest BCUT2D eigenvalue weighted by Gasteiger charge is -2.06. The van der Waals surface area contributed by atoms with Gasteiger partial charge in [0.1, 0.15) is 6.79 Å². The Morgan fingerprint density at radius 2 is 2.19 bits per heavy atom. The molecule has 5 nitrogen and oxygen atoms in total. The fourth-order valence-electron chi connectivity index (χ4n) is 1.46. The van der Waals surface area contributed by atoms with Crippen molar-refractivity contribution in [1.29, 1.82) is 0 Å². The van der Waals surface area contributed by atoms with E-state index in [1.54, 1.807) is 20.1 Å². The Morgan fingerprint density at radius 3 is 2.81 bits per heavy atom. The summed E-state index contributed by atoms with van der Waals surface area (Å²) in [5.41, 5.74) is 1.79. The maximum Gasteiger partial charge on any atom is 0.272 e. The van der Waals surface area contributed by atoms with E-state index in [1.807, 2.05) is 6.07 Å². The summed E-state index contributed by atoms with van der Waals surface area (Å²) in [7, 11) is 1.55. The minimum atomic E-state index is -0.366. The van der Waals surface area contributed by atoms with Gasteiger partial charge in [-0.05, 0) is 18.9 Å². The van der Waals surface area contributed by atoms with E-state index in [-0.39, 0.29) is 17.4 Å². The smallest absolute Gasteiger partial charge is 0.272 e. The molecule has 1 aromatic rings. The standard InChI is InChI=1S/C11H15NO4/c1-9-10(6-7-16-8-15-2)4-3-5-11(9)12(13)14/h3-5H,6-8H2,1-2H3. The molecule has 0 saturated carbocycles. The number of hydrogen-bond acceptors (Lipinski definition) is 4. The second kappa shape index (κ2) is 6.19. The zero-order valence-electron chi connectivity index (χ0n) is 9.43. The average molecular weight is 225 g/mol. The first kappa shape index (κ1) is 12.6. The van der Waals surface area contributed by atoms with E-state index in [2.05, 4.69) is 0 Å². The van der Waals surface area contributed by atoms with E-state index in [4.69, 9.17) is 9.47 Å². The zero-order chi connectivity index (χ0) is 12.0.